The SMILES string of the molecule is CC(c1ccc(N(C)C)cc1)S(=O)(=O)Cl. The molecule has 0 aromatic heterocycles. The number of benzene rings is 1. The molecule has 0 heterocycles. The predicted molar refractivity (Wildman–Crippen MR) is 64.0 cm³/mol. The summed E-state index contributed by atoms with van der Waals surface area (Å²) in [5, 5.41) is -0.671. The quantitative estimate of drug-likeness (QED) is 0.770. The Bertz CT molecular complexity index is 425. The normalized spacial score (nSPS) is 13.6. The van der Waals surface area contributed by atoms with Crippen LogP contribution in [0.25, 0.3) is 0 Å². The first kappa shape index (κ1) is 12.3. The molecule has 0 saturated heterocycles. The van der Waals surface area contributed by atoms with Gasteiger partial charge in [-0.1, -0.05) is 12.1 Å². The van der Waals surface area contributed by atoms with Gasteiger partial charge >= 0.3 is 0 Å². The van der Waals surface area contributed by atoms with E-state index in [1.54, 1.807) is 19.1 Å². The van der Waals surface area contributed by atoms with Crippen molar-refractivity contribution < 1.29 is 8.42 Å². The smallest absolute Gasteiger partial charge is 0.239 e. The lowest BCUT2D eigenvalue weighted by atomic mass is 10.1. The Morgan fingerprint density at radius 2 is 1.67 bits per heavy atom. The summed E-state index contributed by atoms with van der Waals surface area (Å²) in [7, 11) is 5.61. The lowest BCUT2D eigenvalue weighted by Gasteiger charge is -2.14. The zero-order valence-electron chi connectivity index (χ0n) is 8.94. The molecule has 0 N–H and O–H groups in total. The summed E-state index contributed by atoms with van der Waals surface area (Å²) in [5.74, 6) is 0. The summed E-state index contributed by atoms with van der Waals surface area (Å²) in [6.07, 6.45) is 0. The van der Waals surface area contributed by atoms with E-state index in [0.717, 1.165) is 5.69 Å². The van der Waals surface area contributed by atoms with E-state index in [1.165, 1.54) is 0 Å². The number of hydrogen-bond donors (Lipinski definition) is 0. The molecule has 84 valence electrons. The van der Waals surface area contributed by atoms with Crippen molar-refractivity contribution in [3.05, 3.63) is 29.8 Å². The highest BCUT2D eigenvalue weighted by atomic mass is 35.7. The molecule has 0 amide bonds. The van der Waals surface area contributed by atoms with Crippen molar-refractivity contribution in [2.75, 3.05) is 19.0 Å². The van der Waals surface area contributed by atoms with E-state index in [-0.39, 0.29) is 0 Å². The molecule has 1 rings (SSSR count). The Morgan fingerprint density at radius 1 is 1.20 bits per heavy atom. The van der Waals surface area contributed by atoms with Crippen molar-refractivity contribution in [1.82, 2.24) is 0 Å². The van der Waals surface area contributed by atoms with E-state index in [9.17, 15) is 8.42 Å². The van der Waals surface area contributed by atoms with E-state index in [2.05, 4.69) is 0 Å². The van der Waals surface area contributed by atoms with Gasteiger partial charge in [-0.15, -0.1) is 0 Å². The first-order valence-electron chi connectivity index (χ1n) is 4.53. The molecule has 0 bridgehead atoms. The lowest BCUT2D eigenvalue weighted by molar-refractivity contribution is 0.600. The number of halogens is 1. The molecule has 1 unspecified atom stereocenters. The molecule has 0 aliphatic carbocycles. The van der Waals surface area contributed by atoms with Gasteiger partial charge in [0.05, 0.1) is 5.25 Å². The highest BCUT2D eigenvalue weighted by Crippen LogP contribution is 2.26. The van der Waals surface area contributed by atoms with E-state index < -0.39 is 14.3 Å². The fourth-order valence-electron chi connectivity index (χ4n) is 1.21. The molecule has 1 aromatic carbocycles. The molecule has 0 fully saturated rings. The summed E-state index contributed by atoms with van der Waals surface area (Å²) < 4.78 is 22.2. The topological polar surface area (TPSA) is 37.4 Å². The molecule has 0 saturated carbocycles. The van der Waals surface area contributed by atoms with Gasteiger partial charge in [0.25, 0.3) is 0 Å². The van der Waals surface area contributed by atoms with Gasteiger partial charge in [0.2, 0.25) is 9.05 Å². The van der Waals surface area contributed by atoms with E-state index in [4.69, 9.17) is 10.7 Å². The van der Waals surface area contributed by atoms with Crippen LogP contribution in [0.5, 0.6) is 0 Å². The van der Waals surface area contributed by atoms with Crippen molar-refractivity contribution in [2.24, 2.45) is 0 Å². The number of rotatable bonds is 3. The summed E-state index contributed by atoms with van der Waals surface area (Å²) in [5.41, 5.74) is 1.73. The Morgan fingerprint density at radius 3 is 2.00 bits per heavy atom. The third-order valence-electron chi connectivity index (χ3n) is 2.30. The summed E-state index contributed by atoms with van der Waals surface area (Å²) >= 11 is 0. The van der Waals surface area contributed by atoms with Gasteiger partial charge in [-0.25, -0.2) is 8.42 Å². The number of nitrogens with zero attached hydrogens (tertiary/aromatic N) is 1. The van der Waals surface area contributed by atoms with Crippen LogP contribution >= 0.6 is 10.7 Å². The number of anilines is 1. The Kier molecular flexibility index (Phi) is 3.62. The Balaban J connectivity index is 3.00. The third kappa shape index (κ3) is 3.11. The van der Waals surface area contributed by atoms with Crippen LogP contribution in [0.2, 0.25) is 0 Å². The van der Waals surface area contributed by atoms with Crippen molar-refractivity contribution in [1.29, 1.82) is 0 Å². The van der Waals surface area contributed by atoms with Crippen LogP contribution in [0.4, 0.5) is 5.69 Å². The molecule has 0 aliphatic rings. The highest BCUT2D eigenvalue weighted by Gasteiger charge is 2.19. The first-order valence-corrected chi connectivity index (χ1v) is 6.90. The maximum atomic E-state index is 11.1. The van der Waals surface area contributed by atoms with Crippen molar-refractivity contribution in [2.45, 2.75) is 12.2 Å². The molecule has 0 spiro atoms. The summed E-state index contributed by atoms with van der Waals surface area (Å²) in [4.78, 5) is 1.95. The zero-order chi connectivity index (χ0) is 11.6. The van der Waals surface area contributed by atoms with E-state index in [1.807, 2.05) is 31.1 Å². The minimum Gasteiger partial charge on any atom is -0.378 e. The van der Waals surface area contributed by atoms with Gasteiger partial charge in [0, 0.05) is 30.5 Å². The van der Waals surface area contributed by atoms with Gasteiger partial charge in [-0.2, -0.15) is 0 Å². The maximum Gasteiger partial charge on any atom is 0.239 e. The second-order valence-corrected chi connectivity index (χ2v) is 6.55. The fraction of sp³-hybridized carbons (Fsp3) is 0.400. The standard InChI is InChI=1S/C10H14ClNO2S/c1-8(15(11,13)14)9-4-6-10(7-5-9)12(2)3/h4-8H,1-3H3. The van der Waals surface area contributed by atoms with Gasteiger partial charge in [-0.3, -0.25) is 0 Å². The van der Waals surface area contributed by atoms with Crippen molar-refractivity contribution >= 4 is 25.4 Å². The Labute approximate surface area is 95.1 Å². The average Bonchev–Trinajstić information content (AvgIpc) is 2.15. The van der Waals surface area contributed by atoms with Crippen LogP contribution in [-0.2, 0) is 9.05 Å². The van der Waals surface area contributed by atoms with Crippen LogP contribution in [0, 0.1) is 0 Å². The molecule has 1 aromatic rings. The molecular formula is C10H14ClNO2S. The highest BCUT2D eigenvalue weighted by molar-refractivity contribution is 8.13. The van der Waals surface area contributed by atoms with Crippen LogP contribution in [0.1, 0.15) is 17.7 Å². The molecule has 5 heteroatoms. The predicted octanol–water partition coefficient (Wildman–Crippen LogP) is 2.38. The summed E-state index contributed by atoms with van der Waals surface area (Å²) in [6.45, 7) is 1.58. The van der Waals surface area contributed by atoms with Crippen LogP contribution < -0.4 is 4.90 Å². The fourth-order valence-corrected chi connectivity index (χ4v) is 2.00. The second kappa shape index (κ2) is 4.41. The maximum absolute atomic E-state index is 11.1. The van der Waals surface area contributed by atoms with Gasteiger partial charge in [0.15, 0.2) is 0 Å². The molecule has 3 nitrogen and oxygen atoms in total. The average molecular weight is 248 g/mol. The largest absolute Gasteiger partial charge is 0.378 e. The number of hydrogen-bond acceptors (Lipinski definition) is 3. The minimum absolute atomic E-state index is 0.671. The zero-order valence-corrected chi connectivity index (χ0v) is 10.5. The first-order chi connectivity index (χ1) is 6.82. The van der Waals surface area contributed by atoms with Gasteiger partial charge < -0.3 is 4.90 Å². The Hall–Kier alpha value is -0.740. The monoisotopic (exact) mass is 247 g/mol. The molecular weight excluding hydrogens is 234 g/mol. The van der Waals surface area contributed by atoms with Crippen LogP contribution in [0.15, 0.2) is 24.3 Å². The molecule has 15 heavy (non-hydrogen) atoms. The summed E-state index contributed by atoms with van der Waals surface area (Å²) in [6, 6.07) is 7.29. The lowest BCUT2D eigenvalue weighted by Crippen LogP contribution is -2.09. The third-order valence-corrected chi connectivity index (χ3v) is 4.22. The second-order valence-electron chi connectivity index (χ2n) is 3.60. The molecule has 1 atom stereocenters. The van der Waals surface area contributed by atoms with E-state index in [0.29, 0.717) is 5.56 Å². The molecule has 0 aliphatic heterocycles. The molecule has 0 radical (unpaired) electrons. The van der Waals surface area contributed by atoms with Gasteiger partial charge in [0.1, 0.15) is 0 Å². The minimum atomic E-state index is -3.53. The van der Waals surface area contributed by atoms with Crippen LogP contribution in [-0.4, -0.2) is 22.5 Å². The van der Waals surface area contributed by atoms with E-state index >= 15 is 0 Å². The van der Waals surface area contributed by atoms with Crippen LogP contribution in [0.3, 0.4) is 0 Å². The van der Waals surface area contributed by atoms with Gasteiger partial charge in [-0.05, 0) is 24.6 Å². The van der Waals surface area contributed by atoms with Crippen molar-refractivity contribution in [3.63, 3.8) is 0 Å². The van der Waals surface area contributed by atoms with Crippen molar-refractivity contribution in [3.8, 4) is 0 Å².